The second kappa shape index (κ2) is 8.20. The third kappa shape index (κ3) is 4.84. The Bertz CT molecular complexity index is 787. The van der Waals surface area contributed by atoms with E-state index in [0.29, 0.717) is 18.4 Å². The number of benzene rings is 1. The zero-order chi connectivity index (χ0) is 19.5. The van der Waals surface area contributed by atoms with Crippen LogP contribution >= 0.6 is 0 Å². The quantitative estimate of drug-likeness (QED) is 0.706. The minimum absolute atomic E-state index is 0.0197. The molecule has 2 rings (SSSR count). The average Bonchev–Trinajstić information content (AvgIpc) is 2.94. The van der Waals surface area contributed by atoms with Crippen molar-refractivity contribution in [1.29, 1.82) is 0 Å². The molecule has 0 aliphatic carbocycles. The van der Waals surface area contributed by atoms with Crippen LogP contribution in [0, 0.1) is 13.8 Å². The van der Waals surface area contributed by atoms with Crippen LogP contribution in [0.2, 0.25) is 0 Å². The Morgan fingerprint density at radius 2 is 1.96 bits per heavy atom. The van der Waals surface area contributed by atoms with Crippen LogP contribution in [-0.4, -0.2) is 55.4 Å². The van der Waals surface area contributed by atoms with Gasteiger partial charge in [0.1, 0.15) is 0 Å². The van der Waals surface area contributed by atoms with E-state index in [1.165, 1.54) is 0 Å². The summed E-state index contributed by atoms with van der Waals surface area (Å²) in [5.41, 5.74) is 2.45. The van der Waals surface area contributed by atoms with Crippen LogP contribution in [0.25, 0.3) is 0 Å². The largest absolute Gasteiger partial charge is 0.452 e. The molecule has 1 fully saturated rings. The number of carbonyl (C=O) groups is 2. The van der Waals surface area contributed by atoms with Gasteiger partial charge in [-0.05, 0) is 56.9 Å². The lowest BCUT2D eigenvalue weighted by atomic mass is 10.1. The molecule has 0 radical (unpaired) electrons. The number of esters is 1. The van der Waals surface area contributed by atoms with E-state index in [4.69, 9.17) is 4.74 Å². The van der Waals surface area contributed by atoms with Gasteiger partial charge < -0.3 is 9.64 Å². The van der Waals surface area contributed by atoms with E-state index in [2.05, 4.69) is 0 Å². The van der Waals surface area contributed by atoms with Crippen LogP contribution in [-0.2, 0) is 19.4 Å². The lowest BCUT2D eigenvalue weighted by Crippen LogP contribution is -2.48. The van der Waals surface area contributed by atoms with Gasteiger partial charge in [0.05, 0.1) is 17.1 Å². The van der Waals surface area contributed by atoms with E-state index in [0.717, 1.165) is 11.1 Å². The van der Waals surface area contributed by atoms with Crippen molar-refractivity contribution in [3.8, 4) is 0 Å². The van der Waals surface area contributed by atoms with Crippen LogP contribution in [0.1, 0.15) is 48.2 Å². The molecule has 2 atom stereocenters. The summed E-state index contributed by atoms with van der Waals surface area (Å²) >= 11 is 0. The molecule has 0 N–H and O–H groups in total. The molecule has 7 heteroatoms. The molecule has 6 nitrogen and oxygen atoms in total. The van der Waals surface area contributed by atoms with Gasteiger partial charge in [0.25, 0.3) is 5.91 Å². The van der Waals surface area contributed by atoms with E-state index in [9.17, 15) is 18.0 Å². The summed E-state index contributed by atoms with van der Waals surface area (Å²) in [4.78, 5) is 26.4. The third-order valence-corrected chi connectivity index (χ3v) is 6.78. The molecule has 0 aromatic heterocycles. The lowest BCUT2D eigenvalue weighted by Gasteiger charge is -2.33. The highest BCUT2D eigenvalue weighted by atomic mass is 32.2. The number of rotatable bonds is 6. The average molecular weight is 381 g/mol. The van der Waals surface area contributed by atoms with Gasteiger partial charge >= 0.3 is 5.97 Å². The van der Waals surface area contributed by atoms with Crippen LogP contribution in [0.3, 0.4) is 0 Å². The first-order valence-electron chi connectivity index (χ1n) is 8.90. The molecule has 1 heterocycles. The Morgan fingerprint density at radius 1 is 1.27 bits per heavy atom. The number of hydrogen-bond acceptors (Lipinski definition) is 5. The Kier molecular flexibility index (Phi) is 6.44. The maximum atomic E-state index is 12.7. The van der Waals surface area contributed by atoms with E-state index >= 15 is 0 Å². The van der Waals surface area contributed by atoms with Crippen molar-refractivity contribution in [3.05, 3.63) is 34.9 Å². The molecule has 26 heavy (non-hydrogen) atoms. The summed E-state index contributed by atoms with van der Waals surface area (Å²) in [7, 11) is -3.10. The fourth-order valence-electron chi connectivity index (χ4n) is 3.15. The van der Waals surface area contributed by atoms with Crippen molar-refractivity contribution in [2.75, 3.05) is 18.1 Å². The summed E-state index contributed by atoms with van der Waals surface area (Å²) in [6.07, 6.45) is 1.14. The zero-order valence-corrected chi connectivity index (χ0v) is 16.6. The van der Waals surface area contributed by atoms with Crippen LogP contribution in [0.5, 0.6) is 0 Å². The normalized spacial score (nSPS) is 19.8. The Morgan fingerprint density at radius 3 is 2.50 bits per heavy atom. The van der Waals surface area contributed by atoms with Crippen molar-refractivity contribution >= 4 is 21.7 Å². The number of aryl methyl sites for hydroxylation is 2. The van der Waals surface area contributed by atoms with E-state index < -0.39 is 15.8 Å². The standard InChI is InChI=1S/C19H27NO5S/c1-5-15(4)20(17-8-9-26(23,24)12-17)18(21)11-25-19(22)16-7-6-13(2)14(3)10-16/h6-7,10,15,17H,5,8-9,11-12H2,1-4H3/t15-,17+/m0/s1. The topological polar surface area (TPSA) is 80.8 Å². The molecule has 0 saturated carbocycles. The summed E-state index contributed by atoms with van der Waals surface area (Å²) in [5, 5.41) is 0. The molecule has 1 aliphatic heterocycles. The molecule has 1 aliphatic rings. The van der Waals surface area contributed by atoms with Crippen molar-refractivity contribution in [2.24, 2.45) is 0 Å². The van der Waals surface area contributed by atoms with E-state index in [1.54, 1.807) is 17.0 Å². The van der Waals surface area contributed by atoms with Gasteiger partial charge in [-0.3, -0.25) is 4.79 Å². The maximum absolute atomic E-state index is 12.7. The molecular formula is C19H27NO5S. The molecular weight excluding hydrogens is 354 g/mol. The predicted molar refractivity (Wildman–Crippen MR) is 99.9 cm³/mol. The maximum Gasteiger partial charge on any atom is 0.338 e. The number of ether oxygens (including phenoxy) is 1. The number of carbonyl (C=O) groups excluding carboxylic acids is 2. The molecule has 1 amide bonds. The van der Waals surface area contributed by atoms with E-state index in [-0.39, 0.29) is 36.1 Å². The summed E-state index contributed by atoms with van der Waals surface area (Å²) in [5.74, 6) is -0.822. The van der Waals surface area contributed by atoms with E-state index in [1.807, 2.05) is 33.8 Å². The molecule has 144 valence electrons. The zero-order valence-electron chi connectivity index (χ0n) is 15.8. The highest BCUT2D eigenvalue weighted by molar-refractivity contribution is 7.91. The molecule has 1 saturated heterocycles. The molecule has 0 unspecified atom stereocenters. The smallest absolute Gasteiger partial charge is 0.338 e. The van der Waals surface area contributed by atoms with Crippen LogP contribution in [0.15, 0.2) is 18.2 Å². The van der Waals surface area contributed by atoms with Crippen molar-refractivity contribution < 1.29 is 22.7 Å². The van der Waals surface area contributed by atoms with Gasteiger partial charge in [0, 0.05) is 12.1 Å². The van der Waals surface area contributed by atoms with Gasteiger partial charge in [-0.15, -0.1) is 0 Å². The van der Waals surface area contributed by atoms with Gasteiger partial charge in [0.15, 0.2) is 16.4 Å². The van der Waals surface area contributed by atoms with Gasteiger partial charge in [-0.2, -0.15) is 0 Å². The Labute approximate surface area is 155 Å². The Hall–Kier alpha value is -1.89. The molecule has 1 aromatic carbocycles. The minimum atomic E-state index is -3.10. The highest BCUT2D eigenvalue weighted by Gasteiger charge is 2.36. The van der Waals surface area contributed by atoms with Gasteiger partial charge in [-0.1, -0.05) is 13.0 Å². The predicted octanol–water partition coefficient (Wildman–Crippen LogP) is 2.27. The second-order valence-corrected chi connectivity index (χ2v) is 9.22. The Balaban J connectivity index is 2.04. The van der Waals surface area contributed by atoms with Crippen LogP contribution < -0.4 is 0 Å². The molecule has 0 spiro atoms. The monoisotopic (exact) mass is 381 g/mol. The fraction of sp³-hybridized carbons (Fsp3) is 0.579. The van der Waals surface area contributed by atoms with Crippen molar-refractivity contribution in [1.82, 2.24) is 4.90 Å². The second-order valence-electron chi connectivity index (χ2n) is 6.99. The highest BCUT2D eigenvalue weighted by Crippen LogP contribution is 2.21. The van der Waals surface area contributed by atoms with Crippen molar-refractivity contribution in [3.63, 3.8) is 0 Å². The van der Waals surface area contributed by atoms with Crippen molar-refractivity contribution in [2.45, 2.75) is 52.6 Å². The number of nitrogens with zero attached hydrogens (tertiary/aromatic N) is 1. The first-order valence-corrected chi connectivity index (χ1v) is 10.7. The first-order chi connectivity index (χ1) is 12.1. The van der Waals surface area contributed by atoms with Gasteiger partial charge in [-0.25, -0.2) is 13.2 Å². The summed E-state index contributed by atoms with van der Waals surface area (Å²) in [6.45, 7) is 7.30. The third-order valence-electron chi connectivity index (χ3n) is 5.02. The number of hydrogen-bond donors (Lipinski definition) is 0. The molecule has 1 aromatic rings. The number of amides is 1. The lowest BCUT2D eigenvalue weighted by molar-refractivity contribution is -0.138. The summed E-state index contributed by atoms with van der Waals surface area (Å²) < 4.78 is 28.7. The first kappa shape index (κ1) is 20.4. The van der Waals surface area contributed by atoms with Gasteiger partial charge in [0.2, 0.25) is 0 Å². The van der Waals surface area contributed by atoms with Crippen LogP contribution in [0.4, 0.5) is 0 Å². The summed E-state index contributed by atoms with van der Waals surface area (Å²) in [6, 6.07) is 4.79. The SMILES string of the molecule is CC[C@H](C)N(C(=O)COC(=O)c1ccc(C)c(C)c1)[C@@H]1CCS(=O)(=O)C1. The fourth-order valence-corrected chi connectivity index (χ4v) is 4.87. The minimum Gasteiger partial charge on any atom is -0.452 e. The number of sulfone groups is 1. The molecule has 0 bridgehead atoms.